The summed E-state index contributed by atoms with van der Waals surface area (Å²) >= 11 is 5.78. The first kappa shape index (κ1) is 15.4. The Labute approximate surface area is 118 Å². The number of esters is 1. The highest BCUT2D eigenvalue weighted by atomic mass is 35.5. The number of hydrogen-bond acceptors (Lipinski definition) is 3. The molecule has 1 aromatic rings. The van der Waals surface area contributed by atoms with Crippen LogP contribution >= 0.6 is 11.6 Å². The molecule has 1 aromatic carbocycles. The summed E-state index contributed by atoms with van der Waals surface area (Å²) in [6.45, 7) is 3.84. The summed E-state index contributed by atoms with van der Waals surface area (Å²) < 4.78 is 4.70. The van der Waals surface area contributed by atoms with E-state index in [4.69, 9.17) is 16.3 Å². The number of allylic oxidation sites excluding steroid dienone is 2. The first-order chi connectivity index (χ1) is 8.95. The topological polar surface area (TPSA) is 43.4 Å². The Morgan fingerprint density at radius 3 is 2.32 bits per heavy atom. The molecular formula is C15H17ClO3. The molecule has 0 N–H and O–H groups in total. The van der Waals surface area contributed by atoms with Crippen LogP contribution in [0.1, 0.15) is 30.6 Å². The molecule has 4 heteroatoms. The van der Waals surface area contributed by atoms with E-state index in [0.29, 0.717) is 17.0 Å². The number of Topliss-reactive ketones (excluding diaryl/α,β-unsaturated/α-hetero) is 1. The van der Waals surface area contributed by atoms with Gasteiger partial charge in [0, 0.05) is 10.6 Å². The lowest BCUT2D eigenvalue weighted by Gasteiger charge is -2.12. The van der Waals surface area contributed by atoms with Crippen molar-refractivity contribution in [2.24, 2.45) is 5.92 Å². The average Bonchev–Trinajstić information content (AvgIpc) is 2.38. The summed E-state index contributed by atoms with van der Waals surface area (Å²) in [7, 11) is 1.28. The highest BCUT2D eigenvalue weighted by molar-refractivity contribution is 6.30. The summed E-state index contributed by atoms with van der Waals surface area (Å²) in [5, 5.41) is 0.551. The predicted molar refractivity (Wildman–Crippen MR) is 75.3 cm³/mol. The van der Waals surface area contributed by atoms with Gasteiger partial charge in [-0.15, -0.1) is 0 Å². The molecule has 19 heavy (non-hydrogen) atoms. The van der Waals surface area contributed by atoms with Crippen molar-refractivity contribution in [2.45, 2.75) is 20.3 Å². The molecule has 0 saturated carbocycles. The zero-order valence-electron chi connectivity index (χ0n) is 11.3. The fourth-order valence-electron chi connectivity index (χ4n) is 1.62. The maximum atomic E-state index is 12.3. The van der Waals surface area contributed by atoms with Gasteiger partial charge in [-0.25, -0.2) is 0 Å². The quantitative estimate of drug-likeness (QED) is 0.358. The van der Waals surface area contributed by atoms with Gasteiger partial charge in [-0.05, 0) is 44.5 Å². The number of benzene rings is 1. The van der Waals surface area contributed by atoms with Crippen molar-refractivity contribution in [1.82, 2.24) is 0 Å². The molecule has 1 rings (SSSR count). The lowest BCUT2D eigenvalue weighted by atomic mass is 9.94. The third-order valence-corrected chi connectivity index (χ3v) is 2.94. The van der Waals surface area contributed by atoms with Gasteiger partial charge in [0.2, 0.25) is 0 Å². The van der Waals surface area contributed by atoms with Crippen molar-refractivity contribution in [2.75, 3.05) is 7.11 Å². The SMILES string of the molecule is COC(=O)C(CC=C(C)C)C(=O)c1ccc(Cl)cc1. The normalized spacial score (nSPS) is 11.6. The maximum Gasteiger partial charge on any atom is 0.316 e. The Balaban J connectivity index is 2.97. The minimum absolute atomic E-state index is 0.249. The van der Waals surface area contributed by atoms with E-state index >= 15 is 0 Å². The van der Waals surface area contributed by atoms with Gasteiger partial charge in [0.25, 0.3) is 0 Å². The van der Waals surface area contributed by atoms with E-state index in [1.807, 2.05) is 19.9 Å². The van der Waals surface area contributed by atoms with Crippen molar-refractivity contribution >= 4 is 23.4 Å². The van der Waals surface area contributed by atoms with Crippen LogP contribution in [-0.4, -0.2) is 18.9 Å². The summed E-state index contributed by atoms with van der Waals surface area (Å²) in [5.74, 6) is -1.57. The number of ether oxygens (including phenoxy) is 1. The number of carbonyl (C=O) groups is 2. The van der Waals surface area contributed by atoms with E-state index in [2.05, 4.69) is 0 Å². The van der Waals surface area contributed by atoms with Crippen LogP contribution in [0.5, 0.6) is 0 Å². The Morgan fingerprint density at radius 1 is 1.26 bits per heavy atom. The van der Waals surface area contributed by atoms with Crippen LogP contribution < -0.4 is 0 Å². The van der Waals surface area contributed by atoms with Gasteiger partial charge in [0.1, 0.15) is 5.92 Å². The fourth-order valence-corrected chi connectivity index (χ4v) is 1.75. The number of halogens is 1. The monoisotopic (exact) mass is 280 g/mol. The molecule has 0 bridgehead atoms. The number of carbonyl (C=O) groups excluding carboxylic acids is 2. The Hall–Kier alpha value is -1.61. The van der Waals surface area contributed by atoms with Crippen molar-refractivity contribution < 1.29 is 14.3 Å². The van der Waals surface area contributed by atoms with Gasteiger partial charge in [0.15, 0.2) is 5.78 Å². The summed E-state index contributed by atoms with van der Waals surface area (Å²) in [5.41, 5.74) is 1.51. The van der Waals surface area contributed by atoms with Crippen LogP contribution in [0.25, 0.3) is 0 Å². The van der Waals surface area contributed by atoms with Crippen molar-refractivity contribution in [1.29, 1.82) is 0 Å². The minimum Gasteiger partial charge on any atom is -0.468 e. The Bertz CT molecular complexity index is 485. The lowest BCUT2D eigenvalue weighted by Crippen LogP contribution is -2.25. The fraction of sp³-hybridized carbons (Fsp3) is 0.333. The van der Waals surface area contributed by atoms with Crippen LogP contribution in [0, 0.1) is 5.92 Å². The molecule has 0 amide bonds. The van der Waals surface area contributed by atoms with Crippen LogP contribution in [-0.2, 0) is 9.53 Å². The molecule has 0 radical (unpaired) electrons. The molecule has 0 aliphatic rings. The Kier molecular flexibility index (Phi) is 5.77. The third kappa shape index (κ3) is 4.52. The molecule has 0 aliphatic carbocycles. The van der Waals surface area contributed by atoms with Crippen LogP contribution in [0.4, 0.5) is 0 Å². The van der Waals surface area contributed by atoms with Crippen LogP contribution in [0.2, 0.25) is 5.02 Å². The molecule has 0 heterocycles. The number of ketones is 1. The lowest BCUT2D eigenvalue weighted by molar-refractivity contribution is -0.143. The summed E-state index contributed by atoms with van der Waals surface area (Å²) in [6.07, 6.45) is 2.20. The average molecular weight is 281 g/mol. The number of hydrogen-bond donors (Lipinski definition) is 0. The van der Waals surface area contributed by atoms with Crippen molar-refractivity contribution in [3.63, 3.8) is 0 Å². The first-order valence-electron chi connectivity index (χ1n) is 5.96. The molecule has 0 fully saturated rings. The van der Waals surface area contributed by atoms with Gasteiger partial charge in [-0.3, -0.25) is 9.59 Å². The molecule has 0 saturated heterocycles. The highest BCUT2D eigenvalue weighted by Crippen LogP contribution is 2.18. The second kappa shape index (κ2) is 7.10. The second-order valence-electron chi connectivity index (χ2n) is 4.46. The smallest absolute Gasteiger partial charge is 0.316 e. The molecular weight excluding hydrogens is 264 g/mol. The molecule has 0 aromatic heterocycles. The largest absolute Gasteiger partial charge is 0.468 e. The second-order valence-corrected chi connectivity index (χ2v) is 4.90. The third-order valence-electron chi connectivity index (χ3n) is 2.69. The summed E-state index contributed by atoms with van der Waals surface area (Å²) in [4.78, 5) is 24.0. The molecule has 102 valence electrons. The highest BCUT2D eigenvalue weighted by Gasteiger charge is 2.27. The van der Waals surface area contributed by atoms with Crippen LogP contribution in [0.3, 0.4) is 0 Å². The molecule has 3 nitrogen and oxygen atoms in total. The van der Waals surface area contributed by atoms with E-state index < -0.39 is 11.9 Å². The van der Waals surface area contributed by atoms with E-state index in [0.717, 1.165) is 5.57 Å². The van der Waals surface area contributed by atoms with Gasteiger partial charge in [-0.2, -0.15) is 0 Å². The van der Waals surface area contributed by atoms with E-state index in [9.17, 15) is 9.59 Å². The molecule has 1 atom stereocenters. The van der Waals surface area contributed by atoms with Crippen LogP contribution in [0.15, 0.2) is 35.9 Å². The maximum absolute atomic E-state index is 12.3. The van der Waals surface area contributed by atoms with E-state index in [-0.39, 0.29) is 5.78 Å². The van der Waals surface area contributed by atoms with Gasteiger partial charge in [0.05, 0.1) is 7.11 Å². The molecule has 0 spiro atoms. The van der Waals surface area contributed by atoms with Crippen molar-refractivity contribution in [3.8, 4) is 0 Å². The van der Waals surface area contributed by atoms with E-state index in [1.54, 1.807) is 24.3 Å². The van der Waals surface area contributed by atoms with Crippen molar-refractivity contribution in [3.05, 3.63) is 46.5 Å². The standard InChI is InChI=1S/C15H17ClO3/c1-10(2)4-9-13(15(18)19-3)14(17)11-5-7-12(16)8-6-11/h4-8,13H,9H2,1-3H3. The minimum atomic E-state index is -0.805. The van der Waals surface area contributed by atoms with E-state index in [1.165, 1.54) is 7.11 Å². The molecule has 1 unspecified atom stereocenters. The number of rotatable bonds is 5. The molecule has 0 aliphatic heterocycles. The number of methoxy groups -OCH3 is 1. The van der Waals surface area contributed by atoms with Gasteiger partial charge < -0.3 is 4.74 Å². The van der Waals surface area contributed by atoms with Gasteiger partial charge in [-0.1, -0.05) is 23.3 Å². The van der Waals surface area contributed by atoms with Gasteiger partial charge >= 0.3 is 5.97 Å². The predicted octanol–water partition coefficient (Wildman–Crippen LogP) is 3.67. The first-order valence-corrected chi connectivity index (χ1v) is 6.34. The zero-order valence-corrected chi connectivity index (χ0v) is 12.0. The summed E-state index contributed by atoms with van der Waals surface area (Å²) in [6, 6.07) is 6.49. The Morgan fingerprint density at radius 2 is 1.84 bits per heavy atom. The zero-order chi connectivity index (χ0) is 14.4.